The predicted molar refractivity (Wildman–Crippen MR) is 63.0 cm³/mol. The number of benzene rings is 1. The van der Waals surface area contributed by atoms with Crippen LogP contribution in [0.3, 0.4) is 0 Å². The molecule has 0 radical (unpaired) electrons. The summed E-state index contributed by atoms with van der Waals surface area (Å²) in [6.45, 7) is 1.59. The van der Waals surface area contributed by atoms with Gasteiger partial charge in [0.1, 0.15) is 5.92 Å². The largest absolute Gasteiger partial charge is 0.494 e. The maximum absolute atomic E-state index is 13.3. The number of carbonyl (C=O) groups excluding carboxylic acids is 1. The van der Waals surface area contributed by atoms with Crippen molar-refractivity contribution in [1.29, 1.82) is 0 Å². The Bertz CT molecular complexity index is 461. The molecule has 0 bridgehead atoms. The number of aliphatic carboxylic acids is 1. The van der Waals surface area contributed by atoms with Gasteiger partial charge in [0.15, 0.2) is 11.6 Å². The highest BCUT2D eigenvalue weighted by Crippen LogP contribution is 2.21. The van der Waals surface area contributed by atoms with E-state index >= 15 is 0 Å². The molecule has 0 fully saturated rings. The zero-order valence-electron chi connectivity index (χ0n) is 10.1. The number of ether oxygens (including phenoxy) is 1. The molecule has 6 heteroatoms. The maximum atomic E-state index is 13.3. The van der Waals surface area contributed by atoms with Gasteiger partial charge >= 0.3 is 5.97 Å². The number of amides is 1. The summed E-state index contributed by atoms with van der Waals surface area (Å²) in [4.78, 5) is 22.4. The second-order valence-electron chi connectivity index (χ2n) is 3.64. The predicted octanol–water partition coefficient (Wildman–Crippen LogP) is 1.88. The van der Waals surface area contributed by atoms with Crippen LogP contribution in [0.25, 0.3) is 0 Å². The second-order valence-corrected chi connectivity index (χ2v) is 3.64. The minimum Gasteiger partial charge on any atom is -0.494 e. The SMILES string of the molecule is CCC(C(=O)O)C(=O)Nc1ccc(OC)c(F)c1. The van der Waals surface area contributed by atoms with Crippen LogP contribution in [0.4, 0.5) is 10.1 Å². The molecule has 1 rings (SSSR count). The molecule has 0 aliphatic rings. The fourth-order valence-electron chi connectivity index (χ4n) is 1.45. The Hall–Kier alpha value is -2.11. The van der Waals surface area contributed by atoms with Gasteiger partial charge in [-0.15, -0.1) is 0 Å². The lowest BCUT2D eigenvalue weighted by atomic mass is 10.1. The van der Waals surface area contributed by atoms with Crippen molar-refractivity contribution in [2.75, 3.05) is 12.4 Å². The molecular weight excluding hydrogens is 241 g/mol. The van der Waals surface area contributed by atoms with Crippen molar-refractivity contribution in [1.82, 2.24) is 0 Å². The molecule has 0 spiro atoms. The number of methoxy groups -OCH3 is 1. The highest BCUT2D eigenvalue weighted by Gasteiger charge is 2.24. The number of carboxylic acids is 1. The van der Waals surface area contributed by atoms with E-state index < -0.39 is 23.6 Å². The third-order valence-electron chi connectivity index (χ3n) is 2.44. The zero-order valence-corrected chi connectivity index (χ0v) is 10.1. The van der Waals surface area contributed by atoms with E-state index in [1.54, 1.807) is 6.92 Å². The van der Waals surface area contributed by atoms with Crippen LogP contribution in [0.2, 0.25) is 0 Å². The molecule has 5 nitrogen and oxygen atoms in total. The van der Waals surface area contributed by atoms with Crippen molar-refractivity contribution in [3.05, 3.63) is 24.0 Å². The van der Waals surface area contributed by atoms with Gasteiger partial charge in [-0.25, -0.2) is 4.39 Å². The number of nitrogens with one attached hydrogen (secondary N) is 1. The number of rotatable bonds is 5. The smallest absolute Gasteiger partial charge is 0.316 e. The van der Waals surface area contributed by atoms with E-state index in [1.807, 2.05) is 0 Å². The van der Waals surface area contributed by atoms with E-state index in [2.05, 4.69) is 5.32 Å². The van der Waals surface area contributed by atoms with Crippen LogP contribution >= 0.6 is 0 Å². The van der Waals surface area contributed by atoms with Gasteiger partial charge in [0.2, 0.25) is 5.91 Å². The Morgan fingerprint density at radius 1 is 1.50 bits per heavy atom. The van der Waals surface area contributed by atoms with Crippen molar-refractivity contribution in [2.24, 2.45) is 5.92 Å². The average molecular weight is 255 g/mol. The van der Waals surface area contributed by atoms with E-state index in [0.717, 1.165) is 6.07 Å². The molecule has 0 saturated heterocycles. The van der Waals surface area contributed by atoms with Crippen molar-refractivity contribution in [2.45, 2.75) is 13.3 Å². The van der Waals surface area contributed by atoms with E-state index in [-0.39, 0.29) is 17.9 Å². The van der Waals surface area contributed by atoms with E-state index in [0.29, 0.717) is 0 Å². The molecule has 1 atom stereocenters. The Labute approximate surface area is 104 Å². The molecule has 18 heavy (non-hydrogen) atoms. The van der Waals surface area contributed by atoms with Crippen molar-refractivity contribution in [3.63, 3.8) is 0 Å². The normalized spacial score (nSPS) is 11.7. The minimum atomic E-state index is -1.20. The molecule has 1 aromatic rings. The molecule has 0 saturated carbocycles. The lowest BCUT2D eigenvalue weighted by Gasteiger charge is -2.11. The summed E-state index contributed by atoms with van der Waals surface area (Å²) in [5.74, 6) is -3.59. The fraction of sp³-hybridized carbons (Fsp3) is 0.333. The summed E-state index contributed by atoms with van der Waals surface area (Å²) in [6.07, 6.45) is 0.166. The Morgan fingerprint density at radius 2 is 2.17 bits per heavy atom. The van der Waals surface area contributed by atoms with Crippen LogP contribution in [0.5, 0.6) is 5.75 Å². The molecule has 1 unspecified atom stereocenters. The minimum absolute atomic E-state index is 0.0540. The van der Waals surface area contributed by atoms with Gasteiger partial charge in [-0.2, -0.15) is 0 Å². The molecule has 1 amide bonds. The summed E-state index contributed by atoms with van der Waals surface area (Å²) in [7, 11) is 1.33. The monoisotopic (exact) mass is 255 g/mol. The number of hydrogen-bond acceptors (Lipinski definition) is 3. The standard InChI is InChI=1S/C12H14FNO4/c1-3-8(12(16)17)11(15)14-7-4-5-10(18-2)9(13)6-7/h4-6,8H,3H2,1-2H3,(H,14,15)(H,16,17). The van der Waals surface area contributed by atoms with Crippen LogP contribution in [-0.4, -0.2) is 24.1 Å². The molecule has 0 heterocycles. The van der Waals surface area contributed by atoms with Crippen molar-refractivity contribution >= 4 is 17.6 Å². The fourth-order valence-corrected chi connectivity index (χ4v) is 1.45. The topological polar surface area (TPSA) is 75.6 Å². The summed E-state index contributed by atoms with van der Waals surface area (Å²) >= 11 is 0. The third kappa shape index (κ3) is 3.19. The third-order valence-corrected chi connectivity index (χ3v) is 2.44. The van der Waals surface area contributed by atoms with Gasteiger partial charge < -0.3 is 15.2 Å². The molecule has 0 aliphatic carbocycles. The molecule has 98 valence electrons. The van der Waals surface area contributed by atoms with Gasteiger partial charge in [0.25, 0.3) is 0 Å². The first-order chi connectivity index (χ1) is 8.49. The van der Waals surface area contributed by atoms with Crippen LogP contribution in [0, 0.1) is 11.7 Å². The molecule has 2 N–H and O–H groups in total. The first-order valence-corrected chi connectivity index (χ1v) is 5.36. The Balaban J connectivity index is 2.82. The first kappa shape index (κ1) is 14.0. The van der Waals surface area contributed by atoms with E-state index in [9.17, 15) is 14.0 Å². The zero-order chi connectivity index (χ0) is 13.7. The van der Waals surface area contributed by atoms with Crippen LogP contribution in [0.15, 0.2) is 18.2 Å². The average Bonchev–Trinajstić information content (AvgIpc) is 2.29. The van der Waals surface area contributed by atoms with Crippen LogP contribution < -0.4 is 10.1 Å². The number of carboxylic acid groups (broad SMARTS) is 1. The Kier molecular flexibility index (Phi) is 4.65. The number of carbonyl (C=O) groups is 2. The van der Waals surface area contributed by atoms with Gasteiger partial charge in [0, 0.05) is 11.8 Å². The highest BCUT2D eigenvalue weighted by molar-refractivity contribution is 6.04. The maximum Gasteiger partial charge on any atom is 0.316 e. The summed E-state index contributed by atoms with van der Waals surface area (Å²) in [5, 5.41) is 11.2. The summed E-state index contributed by atoms with van der Waals surface area (Å²) in [5.41, 5.74) is 0.193. The van der Waals surface area contributed by atoms with Crippen molar-refractivity contribution < 1.29 is 23.8 Å². The summed E-state index contributed by atoms with van der Waals surface area (Å²) in [6, 6.07) is 3.87. The number of halogens is 1. The molecule has 0 aliphatic heterocycles. The lowest BCUT2D eigenvalue weighted by Crippen LogP contribution is -2.28. The van der Waals surface area contributed by atoms with Gasteiger partial charge in [-0.05, 0) is 18.6 Å². The van der Waals surface area contributed by atoms with Crippen molar-refractivity contribution in [3.8, 4) is 5.75 Å². The lowest BCUT2D eigenvalue weighted by molar-refractivity contribution is -0.145. The molecule has 0 aromatic heterocycles. The molecule has 1 aromatic carbocycles. The first-order valence-electron chi connectivity index (χ1n) is 5.36. The van der Waals surface area contributed by atoms with E-state index in [4.69, 9.17) is 9.84 Å². The quantitative estimate of drug-likeness (QED) is 0.788. The van der Waals surface area contributed by atoms with Gasteiger partial charge in [-0.1, -0.05) is 6.92 Å². The second kappa shape index (κ2) is 6.00. The molecular formula is C12H14FNO4. The van der Waals surface area contributed by atoms with E-state index in [1.165, 1.54) is 19.2 Å². The summed E-state index contributed by atoms with van der Waals surface area (Å²) < 4.78 is 18.1. The Morgan fingerprint density at radius 3 is 2.61 bits per heavy atom. The van der Waals surface area contributed by atoms with Crippen LogP contribution in [-0.2, 0) is 9.59 Å². The van der Waals surface area contributed by atoms with Gasteiger partial charge in [0.05, 0.1) is 7.11 Å². The van der Waals surface area contributed by atoms with Crippen LogP contribution in [0.1, 0.15) is 13.3 Å². The van der Waals surface area contributed by atoms with Gasteiger partial charge in [-0.3, -0.25) is 9.59 Å². The highest BCUT2D eigenvalue weighted by atomic mass is 19.1. The number of hydrogen-bond donors (Lipinski definition) is 2. The number of anilines is 1.